The minimum atomic E-state index is 0.997. The summed E-state index contributed by atoms with van der Waals surface area (Å²) in [7, 11) is 0. The van der Waals surface area contributed by atoms with E-state index in [-0.39, 0.29) is 0 Å². The lowest BCUT2D eigenvalue weighted by atomic mass is 10.3. The number of imidazole rings is 1. The van der Waals surface area contributed by atoms with E-state index in [4.69, 9.17) is 0 Å². The summed E-state index contributed by atoms with van der Waals surface area (Å²) in [4.78, 5) is 4.34. The van der Waals surface area contributed by atoms with Crippen LogP contribution in [0.25, 0.3) is 0 Å². The van der Waals surface area contributed by atoms with Crippen molar-refractivity contribution in [2.45, 2.75) is 45.6 Å². The van der Waals surface area contributed by atoms with Crippen LogP contribution in [0.1, 0.15) is 39.0 Å². The van der Waals surface area contributed by atoms with Crippen molar-refractivity contribution in [1.29, 1.82) is 0 Å². The fraction of sp³-hybridized carbons (Fsp3) is 0.750. The molecule has 0 amide bonds. The number of unbranched alkanes of at least 4 members (excludes halogenated alkanes) is 1. The molecule has 0 aromatic carbocycles. The minimum Gasteiger partial charge on any atom is -0.356 e. The Kier molecular flexibility index (Phi) is 3.64. The Morgan fingerprint density at radius 1 is 1.53 bits per heavy atom. The number of aromatic nitrogens is 2. The lowest BCUT2D eigenvalue weighted by molar-refractivity contribution is 0.632. The quantitative estimate of drug-likeness (QED) is 0.745. The second kappa shape index (κ2) is 5.19. The van der Waals surface area contributed by atoms with Gasteiger partial charge in [0.2, 0.25) is 5.95 Å². The maximum absolute atomic E-state index is 4.34. The Hall–Kier alpha value is -0.990. The lowest BCUT2D eigenvalue weighted by Gasteiger charge is -2.08. The summed E-state index contributed by atoms with van der Waals surface area (Å²) in [6, 6.07) is 0. The van der Waals surface area contributed by atoms with Crippen LogP contribution < -0.4 is 5.32 Å². The van der Waals surface area contributed by atoms with Crippen LogP contribution in [0.3, 0.4) is 0 Å². The predicted octanol–water partition coefficient (Wildman–Crippen LogP) is 2.90. The third-order valence-corrected chi connectivity index (χ3v) is 3.00. The van der Waals surface area contributed by atoms with Crippen molar-refractivity contribution in [1.82, 2.24) is 9.55 Å². The zero-order valence-electron chi connectivity index (χ0n) is 9.58. The van der Waals surface area contributed by atoms with Gasteiger partial charge >= 0.3 is 0 Å². The maximum atomic E-state index is 4.34. The van der Waals surface area contributed by atoms with Crippen molar-refractivity contribution in [3.63, 3.8) is 0 Å². The van der Waals surface area contributed by atoms with Gasteiger partial charge in [-0.3, -0.25) is 0 Å². The summed E-state index contributed by atoms with van der Waals surface area (Å²) in [6.07, 6.45) is 10.6. The highest BCUT2D eigenvalue weighted by Gasteiger charge is 2.20. The van der Waals surface area contributed by atoms with Gasteiger partial charge in [0.25, 0.3) is 0 Å². The molecule has 1 fully saturated rings. The highest BCUT2D eigenvalue weighted by Crippen LogP contribution is 2.31. The average molecular weight is 207 g/mol. The molecular formula is C12H21N3. The lowest BCUT2D eigenvalue weighted by Crippen LogP contribution is -2.09. The largest absolute Gasteiger partial charge is 0.356 e. The van der Waals surface area contributed by atoms with Gasteiger partial charge in [-0.1, -0.05) is 26.2 Å². The zero-order valence-corrected chi connectivity index (χ0v) is 9.58. The molecule has 1 N–H and O–H groups in total. The molecule has 0 bridgehead atoms. The number of hydrogen-bond donors (Lipinski definition) is 1. The third kappa shape index (κ3) is 3.26. The molecule has 2 rings (SSSR count). The van der Waals surface area contributed by atoms with E-state index in [0.717, 1.165) is 25.0 Å². The van der Waals surface area contributed by atoms with E-state index in [9.17, 15) is 0 Å². The fourth-order valence-corrected chi connectivity index (χ4v) is 1.78. The molecule has 0 unspecified atom stereocenters. The summed E-state index contributed by atoms with van der Waals surface area (Å²) in [5, 5.41) is 3.43. The average Bonchev–Trinajstić information content (AvgIpc) is 2.95. The first-order chi connectivity index (χ1) is 7.40. The van der Waals surface area contributed by atoms with Gasteiger partial charge in [0.05, 0.1) is 0 Å². The minimum absolute atomic E-state index is 0.997. The number of hydrogen-bond acceptors (Lipinski definition) is 2. The molecule has 0 radical (unpaired) electrons. The summed E-state index contributed by atoms with van der Waals surface area (Å²) in [6.45, 7) is 4.38. The molecule has 1 aliphatic rings. The Morgan fingerprint density at radius 2 is 2.40 bits per heavy atom. The molecular weight excluding hydrogens is 186 g/mol. The van der Waals surface area contributed by atoms with Gasteiger partial charge in [-0.15, -0.1) is 0 Å². The Bertz CT molecular complexity index is 289. The van der Waals surface area contributed by atoms with Crippen LogP contribution in [0.5, 0.6) is 0 Å². The van der Waals surface area contributed by atoms with Crippen molar-refractivity contribution in [3.05, 3.63) is 12.4 Å². The van der Waals surface area contributed by atoms with Crippen molar-refractivity contribution in [2.24, 2.45) is 5.92 Å². The van der Waals surface area contributed by atoms with Crippen LogP contribution in [0.4, 0.5) is 5.95 Å². The second-order valence-corrected chi connectivity index (χ2v) is 4.46. The van der Waals surface area contributed by atoms with Crippen molar-refractivity contribution in [3.8, 4) is 0 Å². The van der Waals surface area contributed by atoms with Gasteiger partial charge in [0, 0.05) is 25.5 Å². The molecule has 1 saturated carbocycles. The van der Waals surface area contributed by atoms with E-state index in [0.29, 0.717) is 0 Å². The van der Waals surface area contributed by atoms with Gasteiger partial charge in [0.15, 0.2) is 0 Å². The van der Waals surface area contributed by atoms with E-state index in [1.54, 1.807) is 0 Å². The summed E-state index contributed by atoms with van der Waals surface area (Å²) < 4.78 is 2.22. The summed E-state index contributed by atoms with van der Waals surface area (Å²) in [5.74, 6) is 2.04. The van der Waals surface area contributed by atoms with Gasteiger partial charge in [-0.25, -0.2) is 4.98 Å². The van der Waals surface area contributed by atoms with Crippen LogP contribution >= 0.6 is 0 Å². The first-order valence-electron chi connectivity index (χ1n) is 6.15. The van der Waals surface area contributed by atoms with Gasteiger partial charge in [-0.2, -0.15) is 0 Å². The van der Waals surface area contributed by atoms with E-state index < -0.39 is 0 Å². The molecule has 15 heavy (non-hydrogen) atoms. The standard InChI is InChI=1S/C12H21N3/c1-2-3-9-15-10-8-14-12(15)13-7-6-11-4-5-11/h8,10-11H,2-7,9H2,1H3,(H,13,14). The zero-order chi connectivity index (χ0) is 10.5. The van der Waals surface area contributed by atoms with Crippen LogP contribution in [-0.2, 0) is 6.54 Å². The van der Waals surface area contributed by atoms with E-state index in [1.165, 1.54) is 32.1 Å². The van der Waals surface area contributed by atoms with E-state index in [2.05, 4.69) is 28.0 Å². The fourth-order valence-electron chi connectivity index (χ4n) is 1.78. The predicted molar refractivity (Wildman–Crippen MR) is 63.0 cm³/mol. The van der Waals surface area contributed by atoms with E-state index >= 15 is 0 Å². The molecule has 0 aliphatic heterocycles. The maximum Gasteiger partial charge on any atom is 0.202 e. The van der Waals surface area contributed by atoms with Crippen LogP contribution in [0, 0.1) is 5.92 Å². The first kappa shape index (κ1) is 10.5. The first-order valence-corrected chi connectivity index (χ1v) is 6.15. The van der Waals surface area contributed by atoms with Crippen LogP contribution in [-0.4, -0.2) is 16.1 Å². The number of nitrogens with zero attached hydrogens (tertiary/aromatic N) is 2. The van der Waals surface area contributed by atoms with Crippen molar-refractivity contribution in [2.75, 3.05) is 11.9 Å². The molecule has 0 saturated heterocycles. The van der Waals surface area contributed by atoms with Crippen molar-refractivity contribution < 1.29 is 0 Å². The SMILES string of the molecule is CCCCn1ccnc1NCCC1CC1. The summed E-state index contributed by atoms with van der Waals surface area (Å²) >= 11 is 0. The number of nitrogens with one attached hydrogen (secondary N) is 1. The highest BCUT2D eigenvalue weighted by molar-refractivity contribution is 5.25. The summed E-state index contributed by atoms with van der Waals surface area (Å²) in [5.41, 5.74) is 0. The van der Waals surface area contributed by atoms with Gasteiger partial charge in [0.1, 0.15) is 0 Å². The molecule has 1 aliphatic carbocycles. The molecule has 3 nitrogen and oxygen atoms in total. The number of rotatable bonds is 7. The number of aryl methyl sites for hydroxylation is 1. The Balaban J connectivity index is 1.75. The third-order valence-electron chi connectivity index (χ3n) is 3.00. The molecule has 84 valence electrons. The molecule has 1 aromatic heterocycles. The Morgan fingerprint density at radius 3 is 3.13 bits per heavy atom. The topological polar surface area (TPSA) is 29.9 Å². The van der Waals surface area contributed by atoms with Gasteiger partial charge < -0.3 is 9.88 Å². The molecule has 3 heteroatoms. The highest BCUT2D eigenvalue weighted by atomic mass is 15.2. The van der Waals surface area contributed by atoms with Crippen molar-refractivity contribution >= 4 is 5.95 Å². The molecule has 1 heterocycles. The molecule has 0 spiro atoms. The second-order valence-electron chi connectivity index (χ2n) is 4.46. The molecule has 1 aromatic rings. The Labute approximate surface area is 91.9 Å². The normalized spacial score (nSPS) is 15.5. The van der Waals surface area contributed by atoms with E-state index in [1.807, 2.05) is 6.20 Å². The molecule has 0 atom stereocenters. The van der Waals surface area contributed by atoms with Crippen LogP contribution in [0.2, 0.25) is 0 Å². The van der Waals surface area contributed by atoms with Gasteiger partial charge in [-0.05, 0) is 18.8 Å². The smallest absolute Gasteiger partial charge is 0.202 e. The monoisotopic (exact) mass is 207 g/mol. The number of anilines is 1. The van der Waals surface area contributed by atoms with Crippen LogP contribution in [0.15, 0.2) is 12.4 Å².